The smallest absolute Gasteiger partial charge is 0.244 e. The average molecular weight is 372 g/mol. The lowest BCUT2D eigenvalue weighted by Gasteiger charge is -2.29. The number of anilines is 1. The van der Waals surface area contributed by atoms with E-state index in [0.29, 0.717) is 13.2 Å². The minimum Gasteiger partial charge on any atom is -0.378 e. The van der Waals surface area contributed by atoms with Gasteiger partial charge >= 0.3 is 0 Å². The molecule has 1 aliphatic rings. The van der Waals surface area contributed by atoms with Gasteiger partial charge in [0.05, 0.1) is 19.3 Å². The Hall–Kier alpha value is -2.73. The highest BCUT2D eigenvalue weighted by Gasteiger charge is 2.14. The maximum Gasteiger partial charge on any atom is 0.244 e. The fourth-order valence-electron chi connectivity index (χ4n) is 2.96. The Labute approximate surface area is 157 Å². The predicted molar refractivity (Wildman–Crippen MR) is 101 cm³/mol. The van der Waals surface area contributed by atoms with E-state index in [9.17, 15) is 13.6 Å². The zero-order chi connectivity index (χ0) is 19.2. The van der Waals surface area contributed by atoms with E-state index in [1.54, 1.807) is 0 Å². The summed E-state index contributed by atoms with van der Waals surface area (Å²) in [6.45, 7) is 5.00. The van der Waals surface area contributed by atoms with Gasteiger partial charge in [0.25, 0.3) is 0 Å². The Morgan fingerprint density at radius 1 is 1.19 bits per heavy atom. The third kappa shape index (κ3) is 5.14. The number of hydrogen-bond acceptors (Lipinski definition) is 3. The molecule has 1 amide bonds. The molecule has 1 atom stereocenters. The average Bonchev–Trinajstić information content (AvgIpc) is 2.68. The molecule has 3 rings (SSSR count). The van der Waals surface area contributed by atoms with Gasteiger partial charge in [-0.05, 0) is 42.8 Å². The molecule has 1 heterocycles. The first kappa shape index (κ1) is 19.0. The van der Waals surface area contributed by atoms with Crippen molar-refractivity contribution in [2.24, 2.45) is 0 Å². The van der Waals surface area contributed by atoms with E-state index in [1.165, 1.54) is 18.2 Å². The van der Waals surface area contributed by atoms with Crippen molar-refractivity contribution in [2.45, 2.75) is 13.0 Å². The SMILES string of the molecule is C[C@H](NC(=O)/C=C/c1ccc(F)cc1F)c1cccc(N2CCOCC2)c1. The summed E-state index contributed by atoms with van der Waals surface area (Å²) in [5, 5.41) is 2.86. The van der Waals surface area contributed by atoms with Crippen LogP contribution in [0.4, 0.5) is 14.5 Å². The van der Waals surface area contributed by atoms with Gasteiger partial charge in [-0.2, -0.15) is 0 Å². The summed E-state index contributed by atoms with van der Waals surface area (Å²) < 4.78 is 31.9. The molecule has 1 N–H and O–H groups in total. The molecule has 27 heavy (non-hydrogen) atoms. The number of carbonyl (C=O) groups is 1. The molecule has 4 nitrogen and oxygen atoms in total. The summed E-state index contributed by atoms with van der Waals surface area (Å²) in [5.74, 6) is -1.70. The van der Waals surface area contributed by atoms with Crippen molar-refractivity contribution in [3.63, 3.8) is 0 Å². The zero-order valence-electron chi connectivity index (χ0n) is 15.1. The number of halogens is 2. The summed E-state index contributed by atoms with van der Waals surface area (Å²) >= 11 is 0. The second kappa shape index (κ2) is 8.77. The molecule has 0 bridgehead atoms. The van der Waals surface area contributed by atoms with Crippen LogP contribution in [0.2, 0.25) is 0 Å². The van der Waals surface area contributed by atoms with Gasteiger partial charge in [-0.25, -0.2) is 8.78 Å². The number of hydrogen-bond donors (Lipinski definition) is 1. The predicted octanol–water partition coefficient (Wildman–Crippen LogP) is 3.69. The molecule has 0 saturated carbocycles. The lowest BCUT2D eigenvalue weighted by molar-refractivity contribution is -0.117. The maximum absolute atomic E-state index is 13.6. The Bertz CT molecular complexity index is 833. The molecule has 1 aliphatic heterocycles. The van der Waals surface area contributed by atoms with Gasteiger partial charge in [0, 0.05) is 36.5 Å². The Kier molecular flexibility index (Phi) is 6.19. The monoisotopic (exact) mass is 372 g/mol. The van der Waals surface area contributed by atoms with Gasteiger partial charge < -0.3 is 15.0 Å². The summed E-state index contributed by atoms with van der Waals surface area (Å²) in [5.41, 5.74) is 2.24. The highest BCUT2D eigenvalue weighted by atomic mass is 19.1. The quantitative estimate of drug-likeness (QED) is 0.814. The minimum atomic E-state index is -0.703. The standard InChI is InChI=1S/C21H22F2N2O2/c1-15(17-3-2-4-19(13-17)25-9-11-27-12-10-25)24-21(26)8-6-16-5-7-18(22)14-20(16)23/h2-8,13-15H,9-12H2,1H3,(H,24,26)/b8-6+/t15-/m0/s1. The lowest BCUT2D eigenvalue weighted by atomic mass is 10.1. The van der Waals surface area contributed by atoms with Crippen molar-refractivity contribution in [1.29, 1.82) is 0 Å². The normalized spacial score (nSPS) is 15.7. The van der Waals surface area contributed by atoms with E-state index < -0.39 is 11.6 Å². The van der Waals surface area contributed by atoms with Crippen LogP contribution in [-0.4, -0.2) is 32.2 Å². The summed E-state index contributed by atoms with van der Waals surface area (Å²) in [7, 11) is 0. The van der Waals surface area contributed by atoms with Crippen LogP contribution in [0.25, 0.3) is 6.08 Å². The first-order chi connectivity index (χ1) is 13.0. The maximum atomic E-state index is 13.6. The number of nitrogens with zero attached hydrogens (tertiary/aromatic N) is 1. The van der Waals surface area contributed by atoms with Crippen LogP contribution >= 0.6 is 0 Å². The number of nitrogens with one attached hydrogen (secondary N) is 1. The highest BCUT2D eigenvalue weighted by Crippen LogP contribution is 2.21. The number of amides is 1. The number of morpholine rings is 1. The third-order valence-electron chi connectivity index (χ3n) is 4.48. The van der Waals surface area contributed by atoms with E-state index in [2.05, 4.69) is 16.3 Å². The van der Waals surface area contributed by atoms with Crippen LogP contribution < -0.4 is 10.2 Å². The molecule has 0 spiro atoms. The first-order valence-electron chi connectivity index (χ1n) is 8.89. The number of ether oxygens (including phenoxy) is 1. The van der Waals surface area contributed by atoms with Crippen LogP contribution in [0.1, 0.15) is 24.1 Å². The number of rotatable bonds is 5. The van der Waals surface area contributed by atoms with Gasteiger partial charge in [-0.1, -0.05) is 12.1 Å². The van der Waals surface area contributed by atoms with Gasteiger partial charge in [0.1, 0.15) is 11.6 Å². The molecular weight excluding hydrogens is 350 g/mol. The van der Waals surface area contributed by atoms with Crippen LogP contribution in [0.15, 0.2) is 48.5 Å². The molecule has 0 radical (unpaired) electrons. The fraction of sp³-hybridized carbons (Fsp3) is 0.286. The Balaban J connectivity index is 1.63. The van der Waals surface area contributed by atoms with Crippen molar-refractivity contribution in [2.75, 3.05) is 31.2 Å². The number of carbonyl (C=O) groups excluding carboxylic acids is 1. The molecule has 142 valence electrons. The second-order valence-corrected chi connectivity index (χ2v) is 6.42. The largest absolute Gasteiger partial charge is 0.378 e. The van der Waals surface area contributed by atoms with Crippen LogP contribution in [0.5, 0.6) is 0 Å². The summed E-state index contributed by atoms with van der Waals surface area (Å²) in [4.78, 5) is 14.4. The molecule has 1 saturated heterocycles. The Morgan fingerprint density at radius 3 is 2.70 bits per heavy atom. The van der Waals surface area contributed by atoms with Gasteiger partial charge in [-0.3, -0.25) is 4.79 Å². The highest BCUT2D eigenvalue weighted by molar-refractivity contribution is 5.92. The summed E-state index contributed by atoms with van der Waals surface area (Å²) in [6, 6.07) is 11.0. The zero-order valence-corrected chi connectivity index (χ0v) is 15.1. The van der Waals surface area contributed by atoms with E-state index in [0.717, 1.165) is 36.5 Å². The molecule has 0 unspecified atom stereocenters. The van der Waals surface area contributed by atoms with Crippen molar-refractivity contribution < 1.29 is 18.3 Å². The van der Waals surface area contributed by atoms with E-state index in [-0.39, 0.29) is 17.5 Å². The molecule has 6 heteroatoms. The molecule has 0 aliphatic carbocycles. The number of benzene rings is 2. The second-order valence-electron chi connectivity index (χ2n) is 6.42. The van der Waals surface area contributed by atoms with Crippen LogP contribution in [0, 0.1) is 11.6 Å². The van der Waals surface area contributed by atoms with E-state index in [4.69, 9.17) is 4.74 Å². The molecule has 2 aromatic rings. The molecular formula is C21H22F2N2O2. The van der Waals surface area contributed by atoms with Crippen molar-refractivity contribution in [1.82, 2.24) is 5.32 Å². The Morgan fingerprint density at radius 2 is 1.96 bits per heavy atom. The lowest BCUT2D eigenvalue weighted by Crippen LogP contribution is -2.36. The fourth-order valence-corrected chi connectivity index (χ4v) is 2.96. The van der Waals surface area contributed by atoms with E-state index >= 15 is 0 Å². The topological polar surface area (TPSA) is 41.6 Å². The van der Waals surface area contributed by atoms with E-state index in [1.807, 2.05) is 25.1 Å². The molecule has 0 aromatic heterocycles. The third-order valence-corrected chi connectivity index (χ3v) is 4.48. The van der Waals surface area contributed by atoms with Gasteiger partial charge in [-0.15, -0.1) is 0 Å². The van der Waals surface area contributed by atoms with Gasteiger partial charge in [0.15, 0.2) is 0 Å². The van der Waals surface area contributed by atoms with Crippen molar-refractivity contribution in [3.8, 4) is 0 Å². The molecule has 2 aromatic carbocycles. The molecule has 1 fully saturated rings. The van der Waals surface area contributed by atoms with Crippen LogP contribution in [-0.2, 0) is 9.53 Å². The minimum absolute atomic E-state index is 0.161. The van der Waals surface area contributed by atoms with Crippen LogP contribution in [0.3, 0.4) is 0 Å². The first-order valence-corrected chi connectivity index (χ1v) is 8.89. The van der Waals surface area contributed by atoms with Crippen molar-refractivity contribution in [3.05, 3.63) is 71.3 Å². The summed E-state index contributed by atoms with van der Waals surface area (Å²) in [6.07, 6.45) is 2.58. The van der Waals surface area contributed by atoms with Gasteiger partial charge in [0.2, 0.25) is 5.91 Å². The van der Waals surface area contributed by atoms with Crippen molar-refractivity contribution >= 4 is 17.7 Å².